The molecule has 4 rings (SSSR count). The molecule has 2 fully saturated rings. The van der Waals surface area contributed by atoms with Crippen molar-refractivity contribution in [3.63, 3.8) is 0 Å². The molecule has 0 unspecified atom stereocenters. The number of rotatable bonds is 5. The number of nitrogens with zero attached hydrogens (tertiary/aromatic N) is 1. The van der Waals surface area contributed by atoms with Crippen LogP contribution in [0.25, 0.3) is 0 Å². The first-order chi connectivity index (χ1) is 16.6. The lowest BCUT2D eigenvalue weighted by Gasteiger charge is -2.40. The lowest BCUT2D eigenvalue weighted by atomic mass is 9.92. The first-order valence-corrected chi connectivity index (χ1v) is 12.6. The monoisotopic (exact) mass is 552 g/mol. The van der Waals surface area contributed by atoms with Crippen LogP contribution in [-0.2, 0) is 9.47 Å². The van der Waals surface area contributed by atoms with Gasteiger partial charge in [0.15, 0.2) is 0 Å². The van der Waals surface area contributed by atoms with E-state index < -0.39 is 35.5 Å². The van der Waals surface area contributed by atoms with Crippen LogP contribution < -0.4 is 10.1 Å². The minimum Gasteiger partial charge on any atom is -0.489 e. The third kappa shape index (κ3) is 6.92. The molecule has 1 amide bonds. The van der Waals surface area contributed by atoms with Gasteiger partial charge in [-0.2, -0.15) is 0 Å². The summed E-state index contributed by atoms with van der Waals surface area (Å²) >= 11 is 3.43. The highest BCUT2D eigenvalue weighted by atomic mass is 79.9. The molecule has 2 aliphatic heterocycles. The first-order valence-electron chi connectivity index (χ1n) is 11.8. The molecule has 1 N–H and O–H groups in total. The molecule has 2 saturated heterocycles. The summed E-state index contributed by atoms with van der Waals surface area (Å²) in [6, 6.07) is 10.4. The lowest BCUT2D eigenvalue weighted by molar-refractivity contribution is -0.0584. The van der Waals surface area contributed by atoms with Gasteiger partial charge in [-0.15, -0.1) is 0 Å². The Balaban J connectivity index is 1.45. The van der Waals surface area contributed by atoms with E-state index in [9.17, 15) is 13.6 Å². The number of likely N-dealkylation sites (tertiary alicyclic amines) is 1. The van der Waals surface area contributed by atoms with Gasteiger partial charge in [-0.3, -0.25) is 4.90 Å². The van der Waals surface area contributed by atoms with Gasteiger partial charge in [-0.25, -0.2) is 13.6 Å². The van der Waals surface area contributed by atoms with Gasteiger partial charge in [0.2, 0.25) is 0 Å². The second-order valence-electron chi connectivity index (χ2n) is 10.0. The molecule has 35 heavy (non-hydrogen) atoms. The van der Waals surface area contributed by atoms with Crippen LogP contribution in [0.5, 0.6) is 5.75 Å². The summed E-state index contributed by atoms with van der Waals surface area (Å²) in [5, 5.41) is 2.84. The Morgan fingerprint density at radius 1 is 1.17 bits per heavy atom. The molecule has 2 heterocycles. The third-order valence-corrected chi connectivity index (χ3v) is 6.66. The predicted molar refractivity (Wildman–Crippen MR) is 131 cm³/mol. The number of alkyl carbamates (subject to hydrolysis) is 1. The molecular formula is C26H31BrF2N2O4. The van der Waals surface area contributed by atoms with Crippen molar-refractivity contribution >= 4 is 22.0 Å². The van der Waals surface area contributed by atoms with Crippen LogP contribution >= 0.6 is 15.9 Å². The summed E-state index contributed by atoms with van der Waals surface area (Å²) in [5.41, 5.74) is -0.604. The van der Waals surface area contributed by atoms with Crippen LogP contribution in [0.1, 0.15) is 45.3 Å². The Hall–Kier alpha value is -2.23. The summed E-state index contributed by atoms with van der Waals surface area (Å²) in [6.07, 6.45) is -0.0473. The fourth-order valence-electron chi connectivity index (χ4n) is 4.59. The number of nitrogens with one attached hydrogen (secondary N) is 1. The smallest absolute Gasteiger partial charge is 0.407 e. The van der Waals surface area contributed by atoms with Gasteiger partial charge in [0.1, 0.15) is 35.2 Å². The van der Waals surface area contributed by atoms with Crippen LogP contribution in [0.4, 0.5) is 13.6 Å². The van der Waals surface area contributed by atoms with Gasteiger partial charge in [0.05, 0.1) is 12.6 Å². The topological polar surface area (TPSA) is 60.0 Å². The van der Waals surface area contributed by atoms with Crippen molar-refractivity contribution in [3.05, 3.63) is 64.1 Å². The molecule has 190 valence electrons. The van der Waals surface area contributed by atoms with Crippen molar-refractivity contribution in [2.24, 2.45) is 0 Å². The fourth-order valence-corrected chi connectivity index (χ4v) is 4.85. The van der Waals surface area contributed by atoms with E-state index in [-0.39, 0.29) is 17.7 Å². The van der Waals surface area contributed by atoms with Crippen molar-refractivity contribution < 1.29 is 27.8 Å². The van der Waals surface area contributed by atoms with E-state index in [0.717, 1.165) is 41.4 Å². The summed E-state index contributed by atoms with van der Waals surface area (Å²) < 4.78 is 47.1. The highest BCUT2D eigenvalue weighted by molar-refractivity contribution is 9.10. The molecule has 0 bridgehead atoms. The first kappa shape index (κ1) is 25.9. The SMILES string of the molecule is CC(C)(C)OC(=O)N[C@H]1C[C@H](N2CC[C@H](Oc3ccc(Br)cc3)C2)CO[C@@H]1c1cc(F)ccc1F. The molecule has 2 aromatic rings. The Kier molecular flexibility index (Phi) is 7.98. The zero-order chi connectivity index (χ0) is 25.2. The largest absolute Gasteiger partial charge is 0.489 e. The number of benzene rings is 2. The number of halogens is 3. The second-order valence-corrected chi connectivity index (χ2v) is 11.0. The van der Waals surface area contributed by atoms with E-state index in [4.69, 9.17) is 14.2 Å². The molecule has 0 aromatic heterocycles. The molecule has 2 aromatic carbocycles. The van der Waals surface area contributed by atoms with Gasteiger partial charge in [0.25, 0.3) is 0 Å². The summed E-state index contributed by atoms with van der Waals surface area (Å²) in [7, 11) is 0. The van der Waals surface area contributed by atoms with Crippen molar-refractivity contribution in [2.75, 3.05) is 19.7 Å². The quantitative estimate of drug-likeness (QED) is 0.522. The van der Waals surface area contributed by atoms with Crippen molar-refractivity contribution in [3.8, 4) is 5.75 Å². The van der Waals surface area contributed by atoms with Gasteiger partial charge >= 0.3 is 6.09 Å². The number of hydrogen-bond donors (Lipinski definition) is 1. The molecule has 2 aliphatic rings. The van der Waals surface area contributed by atoms with Gasteiger partial charge < -0.3 is 19.5 Å². The number of hydrogen-bond acceptors (Lipinski definition) is 5. The van der Waals surface area contributed by atoms with E-state index in [0.29, 0.717) is 19.6 Å². The zero-order valence-electron chi connectivity index (χ0n) is 20.1. The molecular weight excluding hydrogens is 522 g/mol. The molecule has 0 radical (unpaired) electrons. The average molecular weight is 553 g/mol. The molecule has 0 saturated carbocycles. The van der Waals surface area contributed by atoms with E-state index in [1.165, 1.54) is 0 Å². The van der Waals surface area contributed by atoms with E-state index in [1.807, 2.05) is 24.3 Å². The molecule has 9 heteroatoms. The van der Waals surface area contributed by atoms with E-state index in [2.05, 4.69) is 26.1 Å². The Bertz CT molecular complexity index is 1030. The zero-order valence-corrected chi connectivity index (χ0v) is 21.7. The Morgan fingerprint density at radius 2 is 1.91 bits per heavy atom. The summed E-state index contributed by atoms with van der Waals surface area (Å²) in [6.45, 7) is 7.17. The predicted octanol–water partition coefficient (Wildman–Crippen LogP) is 5.60. The summed E-state index contributed by atoms with van der Waals surface area (Å²) in [4.78, 5) is 14.8. The third-order valence-electron chi connectivity index (χ3n) is 6.14. The second kappa shape index (κ2) is 10.8. The van der Waals surface area contributed by atoms with Crippen LogP contribution in [0, 0.1) is 11.6 Å². The molecule has 0 aliphatic carbocycles. The van der Waals surface area contributed by atoms with Crippen LogP contribution in [0.3, 0.4) is 0 Å². The Labute approximate surface area is 213 Å². The van der Waals surface area contributed by atoms with Crippen molar-refractivity contribution in [2.45, 2.75) is 63.5 Å². The maximum Gasteiger partial charge on any atom is 0.407 e. The van der Waals surface area contributed by atoms with Gasteiger partial charge in [0, 0.05) is 29.2 Å². The molecule has 0 spiro atoms. The molecule has 4 atom stereocenters. The van der Waals surface area contributed by atoms with Gasteiger partial charge in [-0.05, 0) is 76.1 Å². The standard InChI is InChI=1S/C26H31BrF2N2O4/c1-26(2,3)35-25(32)30-23-13-18(15-33-24(23)21-12-17(28)6-9-22(21)29)31-11-10-20(14-31)34-19-7-4-16(27)5-8-19/h4-9,12,18,20,23-24H,10-11,13-15H2,1-3H3,(H,30,32)/t18-,20-,23-,24+/m0/s1. The number of ether oxygens (including phenoxy) is 3. The highest BCUT2D eigenvalue weighted by Crippen LogP contribution is 2.34. The maximum atomic E-state index is 14.6. The average Bonchev–Trinajstić information content (AvgIpc) is 3.24. The number of carbonyl (C=O) groups is 1. The normalized spacial score (nSPS) is 25.3. The molecule has 6 nitrogen and oxygen atoms in total. The Morgan fingerprint density at radius 3 is 2.63 bits per heavy atom. The number of carbonyl (C=O) groups excluding carboxylic acids is 1. The van der Waals surface area contributed by atoms with Crippen molar-refractivity contribution in [1.29, 1.82) is 0 Å². The van der Waals surface area contributed by atoms with Crippen molar-refractivity contribution in [1.82, 2.24) is 10.2 Å². The minimum absolute atomic E-state index is 0.0127. The summed E-state index contributed by atoms with van der Waals surface area (Å²) in [5.74, 6) is -0.323. The number of amides is 1. The van der Waals surface area contributed by atoms with Crippen LogP contribution in [-0.4, -0.2) is 54.5 Å². The van der Waals surface area contributed by atoms with E-state index >= 15 is 0 Å². The van der Waals surface area contributed by atoms with Crippen LogP contribution in [0.15, 0.2) is 46.9 Å². The van der Waals surface area contributed by atoms with Crippen LogP contribution in [0.2, 0.25) is 0 Å². The lowest BCUT2D eigenvalue weighted by Crippen LogP contribution is -2.52. The van der Waals surface area contributed by atoms with Gasteiger partial charge in [-0.1, -0.05) is 15.9 Å². The van der Waals surface area contributed by atoms with E-state index in [1.54, 1.807) is 20.8 Å². The fraction of sp³-hybridized carbons (Fsp3) is 0.500. The maximum absolute atomic E-state index is 14.6. The minimum atomic E-state index is -0.827. The highest BCUT2D eigenvalue weighted by Gasteiger charge is 2.40.